The minimum absolute atomic E-state index is 0.677. The van der Waals surface area contributed by atoms with Crippen LogP contribution in [0.2, 0.25) is 0 Å². The molecule has 2 heterocycles. The van der Waals surface area contributed by atoms with Crippen molar-refractivity contribution in [3.8, 4) is 0 Å². The van der Waals surface area contributed by atoms with Gasteiger partial charge >= 0.3 is 0 Å². The topological polar surface area (TPSA) is 41.7 Å². The molecule has 0 bridgehead atoms. The van der Waals surface area contributed by atoms with Crippen LogP contribution in [0.15, 0.2) is 22.7 Å². The Kier molecular flexibility index (Phi) is 5.16. The van der Waals surface area contributed by atoms with Gasteiger partial charge in [0, 0.05) is 42.4 Å². The smallest absolute Gasteiger partial charge is 0.0594 e. The lowest BCUT2D eigenvalue weighted by molar-refractivity contribution is 0.0209. The number of rotatable bonds is 4. The highest BCUT2D eigenvalue weighted by Gasteiger charge is 2.28. The van der Waals surface area contributed by atoms with Gasteiger partial charge < -0.3 is 15.4 Å². The molecular weight excluding hydrogens is 330 g/mol. The van der Waals surface area contributed by atoms with E-state index in [1.807, 2.05) is 0 Å². The van der Waals surface area contributed by atoms with E-state index in [1.54, 1.807) is 0 Å². The summed E-state index contributed by atoms with van der Waals surface area (Å²) in [5.41, 5.74) is 8.26. The average molecular weight is 354 g/mol. The molecule has 5 heteroatoms. The number of benzene rings is 1. The van der Waals surface area contributed by atoms with Gasteiger partial charge in [-0.1, -0.05) is 22.0 Å². The van der Waals surface area contributed by atoms with Gasteiger partial charge in [0.05, 0.1) is 13.2 Å². The average Bonchev–Trinajstić information content (AvgIpc) is 3.00. The standard InChI is InChI=1S/C16H24BrN3O/c17-16-11-14(2-1-13(16)3-5-18)20-6-4-15(12-20)19-7-9-21-10-8-19/h1-2,11,15H,3-10,12,18H2. The summed E-state index contributed by atoms with van der Waals surface area (Å²) < 4.78 is 6.63. The quantitative estimate of drug-likeness (QED) is 0.896. The number of ether oxygens (including phenoxy) is 1. The number of nitrogens with two attached hydrogens (primary N) is 1. The predicted octanol–water partition coefficient (Wildman–Crippen LogP) is 1.86. The lowest BCUT2D eigenvalue weighted by atomic mass is 10.1. The molecule has 1 atom stereocenters. The Hall–Kier alpha value is -0.620. The maximum atomic E-state index is 5.64. The zero-order chi connectivity index (χ0) is 14.7. The minimum atomic E-state index is 0.677. The van der Waals surface area contributed by atoms with E-state index in [1.165, 1.54) is 22.1 Å². The van der Waals surface area contributed by atoms with Crippen LogP contribution in [0.3, 0.4) is 0 Å². The highest BCUT2D eigenvalue weighted by Crippen LogP contribution is 2.28. The molecule has 0 aliphatic carbocycles. The summed E-state index contributed by atoms with van der Waals surface area (Å²) in [4.78, 5) is 5.08. The van der Waals surface area contributed by atoms with Crippen LogP contribution >= 0.6 is 15.9 Å². The van der Waals surface area contributed by atoms with E-state index in [0.29, 0.717) is 12.6 Å². The maximum Gasteiger partial charge on any atom is 0.0594 e. The number of morpholine rings is 1. The molecule has 2 fully saturated rings. The van der Waals surface area contributed by atoms with Crippen molar-refractivity contribution in [2.45, 2.75) is 18.9 Å². The third kappa shape index (κ3) is 3.59. The molecule has 1 aromatic rings. The van der Waals surface area contributed by atoms with Crippen molar-refractivity contribution >= 4 is 21.6 Å². The maximum absolute atomic E-state index is 5.64. The summed E-state index contributed by atoms with van der Waals surface area (Å²) >= 11 is 3.68. The van der Waals surface area contributed by atoms with Crippen LogP contribution in [0.5, 0.6) is 0 Å². The van der Waals surface area contributed by atoms with Crippen molar-refractivity contribution < 1.29 is 4.74 Å². The minimum Gasteiger partial charge on any atom is -0.379 e. The van der Waals surface area contributed by atoms with Crippen LogP contribution < -0.4 is 10.6 Å². The molecule has 1 unspecified atom stereocenters. The molecule has 2 saturated heterocycles. The van der Waals surface area contributed by atoms with Gasteiger partial charge in [0.1, 0.15) is 0 Å². The van der Waals surface area contributed by atoms with Crippen molar-refractivity contribution in [2.24, 2.45) is 5.73 Å². The summed E-state index contributed by atoms with van der Waals surface area (Å²) in [6.07, 6.45) is 2.18. The fourth-order valence-electron chi connectivity index (χ4n) is 3.31. The molecule has 21 heavy (non-hydrogen) atoms. The lowest BCUT2D eigenvalue weighted by Gasteiger charge is -2.32. The van der Waals surface area contributed by atoms with Crippen LogP contribution in [0.25, 0.3) is 0 Å². The number of anilines is 1. The van der Waals surface area contributed by atoms with Crippen LogP contribution in [0.4, 0.5) is 5.69 Å². The zero-order valence-corrected chi connectivity index (χ0v) is 14.0. The third-order valence-corrected chi connectivity index (χ3v) is 5.28. The molecule has 0 aromatic heterocycles. The van der Waals surface area contributed by atoms with Crippen LogP contribution in [-0.2, 0) is 11.2 Å². The molecule has 4 nitrogen and oxygen atoms in total. The second-order valence-corrected chi connectivity index (χ2v) is 6.71. The Morgan fingerprint density at radius 1 is 1.24 bits per heavy atom. The first-order valence-electron chi connectivity index (χ1n) is 7.83. The molecule has 2 N–H and O–H groups in total. The molecule has 0 saturated carbocycles. The highest BCUT2D eigenvalue weighted by molar-refractivity contribution is 9.10. The third-order valence-electron chi connectivity index (χ3n) is 4.54. The number of hydrogen-bond donors (Lipinski definition) is 1. The molecule has 116 valence electrons. The van der Waals surface area contributed by atoms with Crippen LogP contribution in [0.1, 0.15) is 12.0 Å². The predicted molar refractivity (Wildman–Crippen MR) is 89.9 cm³/mol. The Balaban J connectivity index is 1.64. The van der Waals surface area contributed by atoms with Gasteiger partial charge in [-0.15, -0.1) is 0 Å². The second kappa shape index (κ2) is 7.09. The van der Waals surface area contributed by atoms with Crippen LogP contribution in [-0.4, -0.2) is 56.9 Å². The van der Waals surface area contributed by atoms with E-state index in [0.717, 1.165) is 45.8 Å². The van der Waals surface area contributed by atoms with E-state index < -0.39 is 0 Å². The van der Waals surface area contributed by atoms with E-state index in [-0.39, 0.29) is 0 Å². The molecule has 0 radical (unpaired) electrons. The fourth-order valence-corrected chi connectivity index (χ4v) is 3.87. The fraction of sp³-hybridized carbons (Fsp3) is 0.625. The molecule has 1 aromatic carbocycles. The van der Waals surface area contributed by atoms with Crippen LogP contribution in [0, 0.1) is 0 Å². The van der Waals surface area contributed by atoms with E-state index >= 15 is 0 Å². The number of hydrogen-bond acceptors (Lipinski definition) is 4. The summed E-state index contributed by atoms with van der Waals surface area (Å²) in [5.74, 6) is 0. The normalized spacial score (nSPS) is 23.7. The van der Waals surface area contributed by atoms with Crippen molar-refractivity contribution in [3.05, 3.63) is 28.2 Å². The SMILES string of the molecule is NCCc1ccc(N2CCC(N3CCOCC3)C2)cc1Br. The second-order valence-electron chi connectivity index (χ2n) is 5.85. The lowest BCUT2D eigenvalue weighted by Crippen LogP contribution is -2.44. The molecular formula is C16H24BrN3O. The summed E-state index contributed by atoms with van der Waals surface area (Å²) in [5, 5.41) is 0. The van der Waals surface area contributed by atoms with Gasteiger partial charge in [-0.2, -0.15) is 0 Å². The molecule has 2 aliphatic rings. The van der Waals surface area contributed by atoms with E-state index in [2.05, 4.69) is 43.9 Å². The Bertz CT molecular complexity index is 477. The van der Waals surface area contributed by atoms with Crippen molar-refractivity contribution in [1.29, 1.82) is 0 Å². The monoisotopic (exact) mass is 353 g/mol. The molecule has 0 spiro atoms. The van der Waals surface area contributed by atoms with Gasteiger partial charge in [0.15, 0.2) is 0 Å². The van der Waals surface area contributed by atoms with Gasteiger partial charge in [-0.05, 0) is 37.1 Å². The van der Waals surface area contributed by atoms with Crippen molar-refractivity contribution in [3.63, 3.8) is 0 Å². The first kappa shape index (κ1) is 15.3. The molecule has 3 rings (SSSR count). The first-order valence-corrected chi connectivity index (χ1v) is 8.62. The van der Waals surface area contributed by atoms with E-state index in [9.17, 15) is 0 Å². The van der Waals surface area contributed by atoms with E-state index in [4.69, 9.17) is 10.5 Å². The molecule has 0 amide bonds. The summed E-state index contributed by atoms with van der Waals surface area (Å²) in [6, 6.07) is 7.36. The summed E-state index contributed by atoms with van der Waals surface area (Å²) in [7, 11) is 0. The Morgan fingerprint density at radius 2 is 2.05 bits per heavy atom. The first-order chi connectivity index (χ1) is 10.3. The highest BCUT2D eigenvalue weighted by atomic mass is 79.9. The van der Waals surface area contributed by atoms with Gasteiger partial charge in [-0.3, -0.25) is 4.90 Å². The van der Waals surface area contributed by atoms with Crippen molar-refractivity contribution in [1.82, 2.24) is 4.90 Å². The Morgan fingerprint density at radius 3 is 2.76 bits per heavy atom. The zero-order valence-electron chi connectivity index (χ0n) is 12.4. The molecule has 2 aliphatic heterocycles. The number of halogens is 1. The summed E-state index contributed by atoms with van der Waals surface area (Å²) in [6.45, 7) is 6.90. The van der Waals surface area contributed by atoms with Crippen molar-refractivity contribution in [2.75, 3.05) is 50.8 Å². The van der Waals surface area contributed by atoms with Gasteiger partial charge in [-0.25, -0.2) is 0 Å². The van der Waals surface area contributed by atoms with Gasteiger partial charge in [0.2, 0.25) is 0 Å². The largest absolute Gasteiger partial charge is 0.379 e. The number of nitrogens with zero attached hydrogens (tertiary/aromatic N) is 2. The Labute approximate surface area is 135 Å². The van der Waals surface area contributed by atoms with Gasteiger partial charge in [0.25, 0.3) is 0 Å².